The Labute approximate surface area is 145 Å². The van der Waals surface area contributed by atoms with Crippen LogP contribution >= 0.6 is 0 Å². The summed E-state index contributed by atoms with van der Waals surface area (Å²) in [5, 5.41) is 8.07. The molecule has 2 amide bonds. The second-order valence-electron chi connectivity index (χ2n) is 5.39. The van der Waals surface area contributed by atoms with E-state index >= 15 is 0 Å². The molecule has 1 aromatic carbocycles. The summed E-state index contributed by atoms with van der Waals surface area (Å²) in [4.78, 5) is 27.6. The fraction of sp³-hybridized carbons (Fsp3) is 0.333. The van der Waals surface area contributed by atoms with Gasteiger partial charge in [-0.2, -0.15) is 18.2 Å². The Hall–Kier alpha value is -3.11. The molecule has 1 unspecified atom stereocenters. The summed E-state index contributed by atoms with van der Waals surface area (Å²) in [5.74, 6) is -2.78. The van der Waals surface area contributed by atoms with Crippen LogP contribution in [0.25, 0.3) is 0 Å². The smallest absolute Gasteiger partial charge is 0.453 e. The Morgan fingerprint density at radius 3 is 2.85 bits per heavy atom. The molecule has 1 aliphatic rings. The molecular weight excluding hydrogens is 355 g/mol. The van der Waals surface area contributed by atoms with E-state index in [1.807, 2.05) is 0 Å². The molecule has 1 aliphatic heterocycles. The summed E-state index contributed by atoms with van der Waals surface area (Å²) >= 11 is 0. The summed E-state index contributed by atoms with van der Waals surface area (Å²) in [5.41, 5.74) is 0.336. The molecule has 1 aromatic heterocycles. The zero-order valence-corrected chi connectivity index (χ0v) is 13.5. The van der Waals surface area contributed by atoms with Crippen molar-refractivity contribution in [3.05, 3.63) is 30.1 Å². The second-order valence-corrected chi connectivity index (χ2v) is 5.39. The van der Waals surface area contributed by atoms with Gasteiger partial charge < -0.3 is 10.1 Å². The summed E-state index contributed by atoms with van der Waals surface area (Å²) in [7, 11) is 0. The van der Waals surface area contributed by atoms with E-state index in [0.717, 1.165) is 4.68 Å². The first-order valence-corrected chi connectivity index (χ1v) is 7.66. The topological polar surface area (TPSA) is 98.1 Å². The van der Waals surface area contributed by atoms with Crippen molar-refractivity contribution in [2.45, 2.75) is 25.6 Å². The number of amides is 2. The highest BCUT2D eigenvalue weighted by Gasteiger charge is 2.41. The molecule has 26 heavy (non-hydrogen) atoms. The SMILES string of the molecule is CCOc1ccccc1NC(=O)C1CC(=O)Nc2nc(C(F)(F)F)nn21. The van der Waals surface area contributed by atoms with Crippen molar-refractivity contribution >= 4 is 23.5 Å². The average Bonchev–Trinajstić information content (AvgIpc) is 3.00. The Morgan fingerprint density at radius 2 is 2.15 bits per heavy atom. The lowest BCUT2D eigenvalue weighted by atomic mass is 10.1. The van der Waals surface area contributed by atoms with Crippen molar-refractivity contribution < 1.29 is 27.5 Å². The fourth-order valence-electron chi connectivity index (χ4n) is 2.45. The lowest BCUT2D eigenvalue weighted by molar-refractivity contribution is -0.145. The van der Waals surface area contributed by atoms with Crippen molar-refractivity contribution in [1.29, 1.82) is 0 Å². The van der Waals surface area contributed by atoms with E-state index in [0.29, 0.717) is 18.0 Å². The second kappa shape index (κ2) is 6.65. The number of aromatic nitrogens is 3. The summed E-state index contributed by atoms with van der Waals surface area (Å²) in [6, 6.07) is 5.32. The third kappa shape index (κ3) is 3.46. The Kier molecular flexibility index (Phi) is 4.53. The van der Waals surface area contributed by atoms with Gasteiger partial charge in [-0.1, -0.05) is 12.1 Å². The van der Waals surface area contributed by atoms with Gasteiger partial charge in [0.25, 0.3) is 5.82 Å². The zero-order chi connectivity index (χ0) is 18.9. The first kappa shape index (κ1) is 17.7. The van der Waals surface area contributed by atoms with Crippen molar-refractivity contribution in [2.75, 3.05) is 17.2 Å². The van der Waals surface area contributed by atoms with Crippen LogP contribution in [0.3, 0.4) is 0 Å². The number of alkyl halides is 3. The van der Waals surface area contributed by atoms with Crippen LogP contribution < -0.4 is 15.4 Å². The van der Waals surface area contributed by atoms with Crippen LogP contribution in [0.4, 0.5) is 24.8 Å². The van der Waals surface area contributed by atoms with E-state index in [9.17, 15) is 22.8 Å². The minimum atomic E-state index is -4.79. The summed E-state index contributed by atoms with van der Waals surface area (Å²) in [6.45, 7) is 2.13. The van der Waals surface area contributed by atoms with E-state index in [1.165, 1.54) is 0 Å². The molecule has 2 N–H and O–H groups in total. The molecule has 0 spiro atoms. The van der Waals surface area contributed by atoms with E-state index in [-0.39, 0.29) is 6.42 Å². The predicted molar refractivity (Wildman–Crippen MR) is 83.5 cm³/mol. The maximum absolute atomic E-state index is 12.8. The van der Waals surface area contributed by atoms with Crippen LogP contribution in [0, 0.1) is 0 Å². The number of fused-ring (bicyclic) bond motifs is 1. The largest absolute Gasteiger partial charge is 0.492 e. The quantitative estimate of drug-likeness (QED) is 0.861. The van der Waals surface area contributed by atoms with Crippen LogP contribution in [0.15, 0.2) is 24.3 Å². The maximum atomic E-state index is 12.8. The molecule has 0 saturated carbocycles. The van der Waals surface area contributed by atoms with Crippen molar-refractivity contribution in [1.82, 2.24) is 14.8 Å². The van der Waals surface area contributed by atoms with Gasteiger partial charge in [-0.15, -0.1) is 5.10 Å². The van der Waals surface area contributed by atoms with Crippen molar-refractivity contribution in [2.24, 2.45) is 0 Å². The number of nitrogens with one attached hydrogen (secondary N) is 2. The molecule has 1 atom stereocenters. The number of nitrogens with zero attached hydrogens (tertiary/aromatic N) is 3. The minimum absolute atomic E-state index is 0.336. The van der Waals surface area contributed by atoms with Crippen LogP contribution in [-0.4, -0.2) is 33.2 Å². The Morgan fingerprint density at radius 1 is 1.42 bits per heavy atom. The van der Waals surface area contributed by atoms with Crippen LogP contribution in [0.5, 0.6) is 5.75 Å². The number of ether oxygens (including phenoxy) is 1. The number of carbonyl (C=O) groups is 2. The number of carbonyl (C=O) groups excluding carboxylic acids is 2. The normalized spacial score (nSPS) is 16.6. The lowest BCUT2D eigenvalue weighted by Gasteiger charge is -2.23. The molecule has 0 fully saturated rings. The number of halogens is 3. The Balaban J connectivity index is 1.89. The van der Waals surface area contributed by atoms with Gasteiger partial charge in [0.1, 0.15) is 11.8 Å². The molecule has 11 heteroatoms. The number of anilines is 2. The van der Waals surface area contributed by atoms with Crippen LogP contribution in [-0.2, 0) is 15.8 Å². The molecule has 2 heterocycles. The summed E-state index contributed by atoms with van der Waals surface area (Å²) < 4.78 is 44.6. The molecular formula is C15H14F3N5O3. The third-order valence-corrected chi connectivity index (χ3v) is 3.56. The number of benzene rings is 1. The molecule has 0 aliphatic carbocycles. The minimum Gasteiger partial charge on any atom is -0.492 e. The zero-order valence-electron chi connectivity index (χ0n) is 13.5. The number of hydrogen-bond donors (Lipinski definition) is 2. The molecule has 8 nitrogen and oxygen atoms in total. The number of para-hydroxylation sites is 2. The first-order valence-electron chi connectivity index (χ1n) is 7.66. The van der Waals surface area contributed by atoms with Gasteiger partial charge in [-0.05, 0) is 19.1 Å². The van der Waals surface area contributed by atoms with Gasteiger partial charge in [-0.3, -0.25) is 14.9 Å². The van der Waals surface area contributed by atoms with Gasteiger partial charge in [0.2, 0.25) is 17.8 Å². The van der Waals surface area contributed by atoms with Gasteiger partial charge in [0, 0.05) is 0 Å². The van der Waals surface area contributed by atoms with E-state index < -0.39 is 35.8 Å². The molecule has 0 bridgehead atoms. The molecule has 3 rings (SSSR count). The molecule has 0 radical (unpaired) electrons. The van der Waals surface area contributed by atoms with Gasteiger partial charge in [0.05, 0.1) is 18.7 Å². The van der Waals surface area contributed by atoms with E-state index in [4.69, 9.17) is 4.74 Å². The highest BCUT2D eigenvalue weighted by molar-refractivity contribution is 6.01. The molecule has 138 valence electrons. The predicted octanol–water partition coefficient (Wildman–Crippen LogP) is 2.22. The summed E-state index contributed by atoms with van der Waals surface area (Å²) in [6.07, 6.45) is -5.16. The van der Waals surface area contributed by atoms with Crippen LogP contribution in [0.2, 0.25) is 0 Å². The number of rotatable bonds is 4. The van der Waals surface area contributed by atoms with Crippen molar-refractivity contribution in [3.63, 3.8) is 0 Å². The first-order chi connectivity index (χ1) is 12.3. The van der Waals surface area contributed by atoms with Gasteiger partial charge >= 0.3 is 6.18 Å². The average molecular weight is 369 g/mol. The molecule has 0 saturated heterocycles. The van der Waals surface area contributed by atoms with E-state index in [2.05, 4.69) is 20.7 Å². The highest BCUT2D eigenvalue weighted by Crippen LogP contribution is 2.32. The highest BCUT2D eigenvalue weighted by atomic mass is 19.4. The van der Waals surface area contributed by atoms with Crippen LogP contribution in [0.1, 0.15) is 25.2 Å². The van der Waals surface area contributed by atoms with Gasteiger partial charge in [0.15, 0.2) is 0 Å². The number of hydrogen-bond acceptors (Lipinski definition) is 5. The van der Waals surface area contributed by atoms with Gasteiger partial charge in [-0.25, -0.2) is 4.68 Å². The Bertz CT molecular complexity index is 849. The standard InChI is InChI=1S/C15H14F3N5O3/c1-2-26-10-6-4-3-5-8(10)19-12(25)9-7-11(24)20-14-21-13(15(16,17)18)22-23(9)14/h3-6,9H,2,7H2,1H3,(H,19,25)(H,20,21,22,24). The fourth-order valence-corrected chi connectivity index (χ4v) is 2.45. The lowest BCUT2D eigenvalue weighted by Crippen LogP contribution is -2.36. The third-order valence-electron chi connectivity index (χ3n) is 3.56. The monoisotopic (exact) mass is 369 g/mol. The van der Waals surface area contributed by atoms with Crippen molar-refractivity contribution in [3.8, 4) is 5.75 Å². The maximum Gasteiger partial charge on any atom is 0.453 e. The molecule has 2 aromatic rings. The van der Waals surface area contributed by atoms with E-state index in [1.54, 1.807) is 31.2 Å².